The van der Waals surface area contributed by atoms with Crippen molar-refractivity contribution >= 4 is 28.6 Å². The third-order valence-corrected chi connectivity index (χ3v) is 5.89. The number of H-pyrrole nitrogens is 1. The largest absolute Gasteiger partial charge is 0.440 e. The predicted octanol–water partition coefficient (Wildman–Crippen LogP) is 4.13. The van der Waals surface area contributed by atoms with Crippen molar-refractivity contribution in [3.63, 3.8) is 0 Å². The number of carbonyl (C=O) groups is 1. The molecule has 1 fully saturated rings. The maximum absolute atomic E-state index is 12.4. The predicted molar refractivity (Wildman–Crippen MR) is 86.4 cm³/mol. The molecular weight excluding hydrogens is 300 g/mol. The number of rotatable bonds is 0. The molecule has 1 aromatic carbocycles. The molecule has 0 radical (unpaired) electrons. The van der Waals surface area contributed by atoms with Gasteiger partial charge in [0.25, 0.3) is 0 Å². The Balaban J connectivity index is 2.17. The van der Waals surface area contributed by atoms with Gasteiger partial charge in [-0.15, -0.1) is 0 Å². The van der Waals surface area contributed by atoms with Gasteiger partial charge in [-0.2, -0.15) is 0 Å². The number of hydrogen-bond donors (Lipinski definition) is 1. The molecule has 2 aliphatic heterocycles. The van der Waals surface area contributed by atoms with E-state index in [0.717, 1.165) is 28.6 Å². The number of aromatic nitrogens is 1. The first-order valence-corrected chi connectivity index (χ1v) is 7.96. The molecular formula is C17H19ClN2O2. The second-order valence-corrected chi connectivity index (χ2v) is 7.33. The third kappa shape index (κ3) is 1.42. The van der Waals surface area contributed by atoms with Crippen LogP contribution >= 0.6 is 11.6 Å². The number of fused-ring (bicyclic) bond motifs is 2. The van der Waals surface area contributed by atoms with E-state index >= 15 is 0 Å². The van der Waals surface area contributed by atoms with Crippen molar-refractivity contribution in [2.45, 2.75) is 45.3 Å². The summed E-state index contributed by atoms with van der Waals surface area (Å²) in [5.74, 6) is 0. The van der Waals surface area contributed by atoms with Crippen LogP contribution in [0.2, 0.25) is 5.02 Å². The average molecular weight is 319 g/mol. The summed E-state index contributed by atoms with van der Waals surface area (Å²) < 4.78 is 5.68. The number of benzene rings is 1. The van der Waals surface area contributed by atoms with Gasteiger partial charge in [-0.05, 0) is 51.8 Å². The van der Waals surface area contributed by atoms with E-state index in [1.54, 1.807) is 0 Å². The van der Waals surface area contributed by atoms with E-state index in [1.807, 2.05) is 30.9 Å². The van der Waals surface area contributed by atoms with Crippen molar-refractivity contribution in [2.24, 2.45) is 0 Å². The monoisotopic (exact) mass is 318 g/mol. The van der Waals surface area contributed by atoms with Crippen LogP contribution in [0.3, 0.4) is 0 Å². The molecule has 1 amide bonds. The summed E-state index contributed by atoms with van der Waals surface area (Å²) in [6.07, 6.45) is 0.548. The van der Waals surface area contributed by atoms with Crippen molar-refractivity contribution in [3.8, 4) is 0 Å². The Bertz CT molecular complexity index is 824. The molecule has 116 valence electrons. The fourth-order valence-corrected chi connectivity index (χ4v) is 4.44. The van der Waals surface area contributed by atoms with E-state index in [9.17, 15) is 4.79 Å². The number of hydrogen-bond acceptors (Lipinski definition) is 2. The number of nitrogens with zero attached hydrogens (tertiary/aromatic N) is 1. The van der Waals surface area contributed by atoms with Gasteiger partial charge in [0.05, 0.1) is 0 Å². The number of ether oxygens (including phenoxy) is 1. The van der Waals surface area contributed by atoms with Crippen molar-refractivity contribution in [1.29, 1.82) is 0 Å². The SMILES string of the molecule is Cc1[nH]c2ccc(Cl)c3c2c1CCN1C(=O)OC(C)(C)[C@@]31C. The normalized spacial score (nSPS) is 26.0. The standard InChI is InChI=1S/C17H19ClN2O2/c1-9-10-7-8-20-15(21)22-16(2,3)17(20,4)14-11(18)5-6-12(19-9)13(10)14/h5-6,19H,7-8H2,1-4H3/t17-/m1/s1. The van der Waals surface area contributed by atoms with E-state index in [4.69, 9.17) is 16.3 Å². The first kappa shape index (κ1) is 13.9. The molecule has 0 aliphatic carbocycles. The number of nitrogens with one attached hydrogen (secondary N) is 1. The lowest BCUT2D eigenvalue weighted by Crippen LogP contribution is -2.51. The molecule has 3 heterocycles. The Morgan fingerprint density at radius 2 is 2.05 bits per heavy atom. The average Bonchev–Trinajstić information content (AvgIpc) is 2.74. The third-order valence-electron chi connectivity index (χ3n) is 5.58. The van der Waals surface area contributed by atoms with Gasteiger partial charge < -0.3 is 9.72 Å². The molecule has 0 bridgehead atoms. The van der Waals surface area contributed by atoms with Gasteiger partial charge >= 0.3 is 6.09 Å². The van der Waals surface area contributed by atoms with Gasteiger partial charge in [0.1, 0.15) is 11.1 Å². The minimum atomic E-state index is -0.644. The molecule has 1 N–H and O–H groups in total. The van der Waals surface area contributed by atoms with Crippen LogP contribution in [0.1, 0.15) is 37.6 Å². The zero-order chi connectivity index (χ0) is 15.9. The van der Waals surface area contributed by atoms with Crippen molar-refractivity contribution < 1.29 is 9.53 Å². The Labute approximate surface area is 134 Å². The number of amides is 1. The van der Waals surface area contributed by atoms with E-state index in [-0.39, 0.29) is 6.09 Å². The van der Waals surface area contributed by atoms with Crippen molar-refractivity contribution in [1.82, 2.24) is 9.88 Å². The molecule has 1 saturated heterocycles. The zero-order valence-electron chi connectivity index (χ0n) is 13.2. The van der Waals surface area contributed by atoms with Gasteiger partial charge in [-0.25, -0.2) is 4.79 Å². The Morgan fingerprint density at radius 3 is 2.77 bits per heavy atom. The zero-order valence-corrected chi connectivity index (χ0v) is 14.0. The number of cyclic esters (lactones) is 1. The molecule has 1 aromatic heterocycles. The lowest BCUT2D eigenvalue weighted by atomic mass is 9.76. The maximum atomic E-state index is 12.4. The van der Waals surface area contributed by atoms with Crippen LogP contribution in [-0.4, -0.2) is 28.1 Å². The first-order chi connectivity index (χ1) is 10.3. The minimum absolute atomic E-state index is 0.257. The van der Waals surface area contributed by atoms with Crippen LogP contribution < -0.4 is 0 Å². The van der Waals surface area contributed by atoms with E-state index in [0.29, 0.717) is 11.6 Å². The summed E-state index contributed by atoms with van der Waals surface area (Å²) in [6.45, 7) is 8.71. The summed E-state index contributed by atoms with van der Waals surface area (Å²) in [7, 11) is 0. The van der Waals surface area contributed by atoms with Crippen molar-refractivity contribution in [3.05, 3.63) is 34.0 Å². The summed E-state index contributed by atoms with van der Waals surface area (Å²) in [5, 5.41) is 1.84. The number of aryl methyl sites for hydroxylation is 1. The molecule has 0 saturated carbocycles. The molecule has 4 rings (SSSR count). The van der Waals surface area contributed by atoms with Crippen LogP contribution in [0.5, 0.6) is 0 Å². The van der Waals surface area contributed by atoms with Crippen molar-refractivity contribution in [2.75, 3.05) is 6.54 Å². The fraction of sp³-hybridized carbons (Fsp3) is 0.471. The molecule has 2 aromatic rings. The lowest BCUT2D eigenvalue weighted by molar-refractivity contribution is 0.0242. The second-order valence-electron chi connectivity index (χ2n) is 6.93. The summed E-state index contributed by atoms with van der Waals surface area (Å²) in [5.41, 5.74) is 3.25. The Hall–Kier alpha value is -1.68. The van der Waals surface area contributed by atoms with Gasteiger partial charge in [0, 0.05) is 33.7 Å². The highest BCUT2D eigenvalue weighted by Crippen LogP contribution is 2.52. The molecule has 1 atom stereocenters. The summed E-state index contributed by atoms with van der Waals surface area (Å²) in [4.78, 5) is 17.7. The molecule has 4 nitrogen and oxygen atoms in total. The van der Waals surface area contributed by atoms with E-state index < -0.39 is 11.1 Å². The fourth-order valence-electron chi connectivity index (χ4n) is 4.10. The summed E-state index contributed by atoms with van der Waals surface area (Å²) >= 11 is 6.61. The highest BCUT2D eigenvalue weighted by Gasteiger charge is 2.60. The van der Waals surface area contributed by atoms with Gasteiger partial charge in [-0.1, -0.05) is 11.6 Å². The topological polar surface area (TPSA) is 45.3 Å². The Morgan fingerprint density at radius 1 is 1.32 bits per heavy atom. The molecule has 2 aliphatic rings. The second kappa shape index (κ2) is 3.99. The first-order valence-electron chi connectivity index (χ1n) is 7.58. The number of aromatic amines is 1. The quantitative estimate of drug-likeness (QED) is 0.793. The van der Waals surface area contributed by atoms with Crippen LogP contribution in [0, 0.1) is 6.92 Å². The van der Waals surface area contributed by atoms with Crippen LogP contribution in [0.4, 0.5) is 4.79 Å². The Kier molecular flexibility index (Phi) is 2.53. The molecule has 0 unspecified atom stereocenters. The number of carbonyl (C=O) groups excluding carboxylic acids is 1. The molecule has 5 heteroatoms. The molecule has 0 spiro atoms. The van der Waals surface area contributed by atoms with E-state index in [2.05, 4.69) is 18.8 Å². The van der Waals surface area contributed by atoms with Crippen LogP contribution in [0.25, 0.3) is 10.9 Å². The summed E-state index contributed by atoms with van der Waals surface area (Å²) in [6, 6.07) is 3.92. The highest BCUT2D eigenvalue weighted by atomic mass is 35.5. The molecule has 22 heavy (non-hydrogen) atoms. The van der Waals surface area contributed by atoms with Gasteiger partial charge in [0.2, 0.25) is 0 Å². The highest BCUT2D eigenvalue weighted by molar-refractivity contribution is 6.32. The van der Waals surface area contributed by atoms with Gasteiger partial charge in [-0.3, -0.25) is 4.90 Å². The van der Waals surface area contributed by atoms with Gasteiger partial charge in [0.15, 0.2) is 0 Å². The smallest absolute Gasteiger partial charge is 0.411 e. The minimum Gasteiger partial charge on any atom is -0.440 e. The van der Waals surface area contributed by atoms with Crippen LogP contribution in [0.15, 0.2) is 12.1 Å². The maximum Gasteiger partial charge on any atom is 0.411 e. The number of halogens is 1. The lowest BCUT2D eigenvalue weighted by Gasteiger charge is -2.40. The van der Waals surface area contributed by atoms with E-state index in [1.165, 1.54) is 5.56 Å². The van der Waals surface area contributed by atoms with Crippen LogP contribution in [-0.2, 0) is 16.7 Å².